The molecule has 11 rings (SSSR count). The normalized spacial score (nSPS) is 16.0. The van der Waals surface area contributed by atoms with E-state index in [1.165, 1.54) is 23.1 Å². The molecule has 2 fully saturated rings. The van der Waals surface area contributed by atoms with Gasteiger partial charge in [0.15, 0.2) is 22.9 Å². The molecule has 338 valence electrons. The molecule has 0 bridgehead atoms. The first kappa shape index (κ1) is 43.6. The fourth-order valence-corrected chi connectivity index (χ4v) is 11.2. The van der Waals surface area contributed by atoms with Gasteiger partial charge in [0.1, 0.15) is 26.7 Å². The molecular weight excluding hydrogens is 913 g/mol. The Hall–Kier alpha value is -6.33. The zero-order valence-corrected chi connectivity index (χ0v) is 39.8. The summed E-state index contributed by atoms with van der Waals surface area (Å²) in [7, 11) is 3.81. The molecule has 66 heavy (non-hydrogen) atoms. The largest absolute Gasteiger partial charge is 0.445 e. The Balaban J connectivity index is 0.000000162. The van der Waals surface area contributed by atoms with Gasteiger partial charge >= 0.3 is 6.09 Å². The molecule has 1 amide bonds. The number of fused-ring (bicyclic) bond motifs is 2. The topological polar surface area (TPSA) is 187 Å². The van der Waals surface area contributed by atoms with Crippen molar-refractivity contribution in [3.8, 4) is 22.5 Å². The van der Waals surface area contributed by atoms with Crippen molar-refractivity contribution >= 4 is 85.6 Å². The van der Waals surface area contributed by atoms with E-state index in [9.17, 15) is 4.79 Å². The van der Waals surface area contributed by atoms with Crippen molar-refractivity contribution in [3.05, 3.63) is 109 Å². The van der Waals surface area contributed by atoms with Crippen LogP contribution in [0.2, 0.25) is 0 Å². The van der Waals surface area contributed by atoms with Gasteiger partial charge in [-0.2, -0.15) is 18.9 Å². The maximum Gasteiger partial charge on any atom is 0.410 e. The Morgan fingerprint density at radius 1 is 0.773 bits per heavy atom. The lowest BCUT2D eigenvalue weighted by Gasteiger charge is -2.16. The maximum atomic E-state index is 12.7. The molecule has 0 saturated carbocycles. The SMILES string of the molecule is Cc1cc(Nc2nc(SC3CCN(C(=O)OCc4ccccc4)C3)cn3c(-c4cnn(C)c4)cnc23)sn1.Cc1cc(Nc2nc(SC3CCNC3)cn3c(-c4cnn(C)c4)cnc23)sn1. The molecule has 8 aromatic heterocycles. The molecule has 2 aliphatic rings. The summed E-state index contributed by atoms with van der Waals surface area (Å²) >= 11 is 6.29. The molecule has 18 nitrogen and oxygen atoms in total. The Bertz CT molecular complexity index is 3110. The molecule has 9 aromatic rings. The number of nitrogens with zero attached hydrogens (tertiary/aromatic N) is 13. The van der Waals surface area contributed by atoms with Crippen molar-refractivity contribution in [1.29, 1.82) is 0 Å². The number of benzene rings is 1. The van der Waals surface area contributed by atoms with Gasteiger partial charge in [0.25, 0.3) is 0 Å². The summed E-state index contributed by atoms with van der Waals surface area (Å²) in [5.74, 6) is 1.40. The van der Waals surface area contributed by atoms with Gasteiger partial charge in [-0.25, -0.2) is 24.7 Å². The van der Waals surface area contributed by atoms with Gasteiger partial charge in [0.05, 0.1) is 47.6 Å². The zero-order chi connectivity index (χ0) is 45.1. The first-order valence-corrected chi connectivity index (χ1v) is 24.6. The minimum absolute atomic E-state index is 0.202. The second kappa shape index (κ2) is 19.3. The summed E-state index contributed by atoms with van der Waals surface area (Å²) in [6.07, 6.45) is 17.2. The summed E-state index contributed by atoms with van der Waals surface area (Å²) in [5.41, 5.74) is 8.35. The molecule has 3 N–H and O–H groups in total. The third-order valence-corrected chi connectivity index (χ3v) is 14.8. The van der Waals surface area contributed by atoms with E-state index in [0.29, 0.717) is 24.2 Å². The minimum Gasteiger partial charge on any atom is -0.445 e. The first-order chi connectivity index (χ1) is 32.2. The lowest BCUT2D eigenvalue weighted by Crippen LogP contribution is -2.29. The van der Waals surface area contributed by atoms with Gasteiger partial charge in [-0.15, -0.1) is 11.8 Å². The van der Waals surface area contributed by atoms with Crippen LogP contribution in [0.25, 0.3) is 33.8 Å². The number of hydrogen-bond donors (Lipinski definition) is 3. The molecule has 0 aliphatic carbocycles. The number of imidazole rings is 2. The Morgan fingerprint density at radius 3 is 1.85 bits per heavy atom. The summed E-state index contributed by atoms with van der Waals surface area (Å²) in [4.78, 5) is 33.5. The zero-order valence-electron chi connectivity index (χ0n) is 36.5. The van der Waals surface area contributed by atoms with E-state index < -0.39 is 0 Å². The van der Waals surface area contributed by atoms with Crippen LogP contribution in [0.15, 0.2) is 102 Å². The molecule has 0 radical (unpaired) electrons. The number of ether oxygens (including phenoxy) is 1. The minimum atomic E-state index is -0.281. The molecule has 10 heterocycles. The highest BCUT2D eigenvalue weighted by Gasteiger charge is 2.29. The Labute approximate surface area is 396 Å². The number of amides is 1. The second-order valence-electron chi connectivity index (χ2n) is 16.0. The van der Waals surface area contributed by atoms with E-state index in [4.69, 9.17) is 14.7 Å². The van der Waals surface area contributed by atoms with Gasteiger partial charge < -0.3 is 25.6 Å². The predicted molar refractivity (Wildman–Crippen MR) is 260 cm³/mol. The highest BCUT2D eigenvalue weighted by Crippen LogP contribution is 2.35. The molecule has 22 heteroatoms. The number of hydrogen-bond acceptors (Lipinski definition) is 17. The third kappa shape index (κ3) is 9.92. The van der Waals surface area contributed by atoms with E-state index in [1.807, 2.05) is 130 Å². The molecule has 1 aromatic carbocycles. The van der Waals surface area contributed by atoms with Crippen molar-refractivity contribution in [2.45, 2.75) is 53.8 Å². The van der Waals surface area contributed by atoms with Crippen LogP contribution in [0.3, 0.4) is 0 Å². The van der Waals surface area contributed by atoms with E-state index >= 15 is 0 Å². The number of thioether (sulfide) groups is 2. The number of aromatic nitrogens is 12. The van der Waals surface area contributed by atoms with Crippen LogP contribution >= 0.6 is 46.6 Å². The average molecular weight is 959 g/mol. The van der Waals surface area contributed by atoms with Gasteiger partial charge in [-0.05, 0) is 74.0 Å². The van der Waals surface area contributed by atoms with Gasteiger partial charge in [0, 0.05) is 80.1 Å². The van der Waals surface area contributed by atoms with Crippen molar-refractivity contribution in [1.82, 2.24) is 67.3 Å². The summed E-state index contributed by atoms with van der Waals surface area (Å²) in [6, 6.07) is 13.7. The first-order valence-electron chi connectivity index (χ1n) is 21.3. The van der Waals surface area contributed by atoms with E-state index in [1.54, 1.807) is 26.0 Å². The number of carbonyl (C=O) groups is 1. The smallest absolute Gasteiger partial charge is 0.410 e. The van der Waals surface area contributed by atoms with E-state index in [0.717, 1.165) is 103 Å². The summed E-state index contributed by atoms with van der Waals surface area (Å²) < 4.78 is 22.0. The van der Waals surface area contributed by atoms with Gasteiger partial charge in [-0.1, -0.05) is 42.1 Å². The number of likely N-dealkylation sites (tertiary alicyclic amines) is 1. The lowest BCUT2D eigenvalue weighted by molar-refractivity contribution is 0.104. The number of aryl methyl sites for hydroxylation is 4. The number of nitrogens with one attached hydrogen (secondary N) is 3. The molecule has 2 unspecified atom stereocenters. The van der Waals surface area contributed by atoms with Crippen LogP contribution in [0.1, 0.15) is 29.8 Å². The van der Waals surface area contributed by atoms with Crippen molar-refractivity contribution in [2.75, 3.05) is 36.8 Å². The third-order valence-electron chi connectivity index (χ3n) is 10.9. The van der Waals surface area contributed by atoms with Crippen LogP contribution < -0.4 is 16.0 Å². The van der Waals surface area contributed by atoms with E-state index in [-0.39, 0.29) is 18.0 Å². The molecular formula is C44H46N16O2S4. The monoisotopic (exact) mass is 958 g/mol. The van der Waals surface area contributed by atoms with Gasteiger partial charge in [-0.3, -0.25) is 18.2 Å². The Kier molecular flexibility index (Phi) is 12.7. The standard InChI is InChI=1S/C26H26N8O2S2.C18H20N8S2/c1-17-10-22(38-31-17)29-24-25-27-12-21(19-11-28-32(2)13-19)34(25)15-23(30-24)37-20-8-9-33(14-20)26(35)36-16-18-6-4-3-5-7-18;1-11-5-15(28-24-11)22-17-18-20-8-14(12-6-21-25(2)9-12)26(18)10-16(23-17)27-13-3-4-19-7-13/h3-7,10-13,15,20H,8-9,14,16H2,1-2H3,(H,29,30);5-6,8-10,13,19H,3-4,7H2,1-2H3,(H,22,23). The fraction of sp³-hybridized carbons (Fsp3) is 0.295. The number of carbonyl (C=O) groups excluding carboxylic acids is 1. The number of rotatable bonds is 12. The van der Waals surface area contributed by atoms with Crippen LogP contribution in [-0.4, -0.2) is 105 Å². The molecule has 2 atom stereocenters. The second-order valence-corrected chi connectivity index (χ2v) is 20.2. The predicted octanol–water partition coefficient (Wildman–Crippen LogP) is 8.23. The Morgan fingerprint density at radius 2 is 1.35 bits per heavy atom. The van der Waals surface area contributed by atoms with Crippen molar-refractivity contribution in [2.24, 2.45) is 14.1 Å². The summed E-state index contributed by atoms with van der Waals surface area (Å²) in [6.45, 7) is 7.57. The highest BCUT2D eigenvalue weighted by atomic mass is 32.2. The average Bonchev–Trinajstić information content (AvgIpc) is 4.16. The number of anilines is 4. The molecule has 2 aliphatic heterocycles. The fourth-order valence-electron chi connectivity index (χ4n) is 7.70. The van der Waals surface area contributed by atoms with Crippen molar-refractivity contribution < 1.29 is 9.53 Å². The van der Waals surface area contributed by atoms with Crippen LogP contribution in [0.5, 0.6) is 0 Å². The van der Waals surface area contributed by atoms with Crippen molar-refractivity contribution in [3.63, 3.8) is 0 Å². The van der Waals surface area contributed by atoms with Gasteiger partial charge in [0.2, 0.25) is 0 Å². The molecule has 2 saturated heterocycles. The van der Waals surface area contributed by atoms with Crippen LogP contribution in [0.4, 0.5) is 26.4 Å². The highest BCUT2D eigenvalue weighted by molar-refractivity contribution is 8.00. The van der Waals surface area contributed by atoms with Crippen LogP contribution in [0, 0.1) is 13.8 Å². The summed E-state index contributed by atoms with van der Waals surface area (Å²) in [5, 5.41) is 23.3. The quantitative estimate of drug-likeness (QED) is 0.106. The maximum absolute atomic E-state index is 12.7. The lowest BCUT2D eigenvalue weighted by atomic mass is 10.2. The molecule has 0 spiro atoms. The van der Waals surface area contributed by atoms with Crippen LogP contribution in [-0.2, 0) is 25.4 Å². The van der Waals surface area contributed by atoms with E-state index in [2.05, 4.69) is 55.5 Å².